The van der Waals surface area contributed by atoms with Crippen molar-refractivity contribution in [2.45, 2.75) is 32.3 Å². The second-order valence-electron chi connectivity index (χ2n) is 5.05. The average molecular weight is 325 g/mol. The standard InChI is InChI=1S/C16H17ClO3S/c1-11-7-8-15(16(9-11)21(17,18)19)20-10-14-12(2)5-4-6-13(14)3/h4-9H,10H2,1-3H3. The van der Waals surface area contributed by atoms with E-state index < -0.39 is 9.05 Å². The third-order valence-corrected chi connectivity index (χ3v) is 4.72. The van der Waals surface area contributed by atoms with Crippen LogP contribution in [0.2, 0.25) is 0 Å². The third-order valence-electron chi connectivity index (χ3n) is 3.38. The minimum absolute atomic E-state index is 0.00963. The summed E-state index contributed by atoms with van der Waals surface area (Å²) < 4.78 is 29.0. The van der Waals surface area contributed by atoms with Gasteiger partial charge in [-0.05, 0) is 55.2 Å². The second-order valence-corrected chi connectivity index (χ2v) is 7.58. The maximum Gasteiger partial charge on any atom is 0.264 e. The van der Waals surface area contributed by atoms with Gasteiger partial charge in [0.1, 0.15) is 17.3 Å². The molecule has 0 N–H and O–H groups in total. The van der Waals surface area contributed by atoms with Crippen LogP contribution in [0.3, 0.4) is 0 Å². The molecule has 21 heavy (non-hydrogen) atoms. The summed E-state index contributed by atoms with van der Waals surface area (Å²) in [5.41, 5.74) is 4.08. The zero-order chi connectivity index (χ0) is 15.6. The van der Waals surface area contributed by atoms with Crippen LogP contribution in [-0.2, 0) is 15.7 Å². The van der Waals surface area contributed by atoms with E-state index in [1.165, 1.54) is 6.07 Å². The van der Waals surface area contributed by atoms with Crippen molar-refractivity contribution in [1.29, 1.82) is 0 Å². The largest absolute Gasteiger partial charge is 0.487 e. The molecule has 0 unspecified atom stereocenters. The van der Waals surface area contributed by atoms with Crippen LogP contribution >= 0.6 is 10.7 Å². The van der Waals surface area contributed by atoms with Gasteiger partial charge in [-0.2, -0.15) is 0 Å². The monoisotopic (exact) mass is 324 g/mol. The Hall–Kier alpha value is -1.52. The summed E-state index contributed by atoms with van der Waals surface area (Å²) >= 11 is 0. The van der Waals surface area contributed by atoms with Gasteiger partial charge in [0.25, 0.3) is 9.05 Å². The molecule has 2 aromatic carbocycles. The number of aryl methyl sites for hydroxylation is 3. The molecule has 3 nitrogen and oxygen atoms in total. The van der Waals surface area contributed by atoms with Crippen LogP contribution in [-0.4, -0.2) is 8.42 Å². The first kappa shape index (κ1) is 15.9. The van der Waals surface area contributed by atoms with Gasteiger partial charge in [0.15, 0.2) is 0 Å². The lowest BCUT2D eigenvalue weighted by molar-refractivity contribution is 0.296. The van der Waals surface area contributed by atoms with E-state index in [9.17, 15) is 8.42 Å². The van der Waals surface area contributed by atoms with E-state index in [1.54, 1.807) is 19.1 Å². The van der Waals surface area contributed by atoms with Crippen LogP contribution in [0.1, 0.15) is 22.3 Å². The van der Waals surface area contributed by atoms with E-state index in [1.807, 2.05) is 32.0 Å². The minimum Gasteiger partial charge on any atom is -0.487 e. The molecule has 0 aliphatic carbocycles. The predicted molar refractivity (Wildman–Crippen MR) is 84.5 cm³/mol. The first-order valence-electron chi connectivity index (χ1n) is 6.52. The summed E-state index contributed by atoms with van der Waals surface area (Å²) in [7, 11) is 1.64. The highest BCUT2D eigenvalue weighted by Crippen LogP contribution is 2.29. The Kier molecular flexibility index (Phi) is 4.59. The Morgan fingerprint density at radius 2 is 1.67 bits per heavy atom. The molecule has 0 saturated carbocycles. The fourth-order valence-electron chi connectivity index (χ4n) is 2.15. The van der Waals surface area contributed by atoms with Crippen molar-refractivity contribution in [3.8, 4) is 5.75 Å². The second kappa shape index (κ2) is 6.08. The molecule has 0 spiro atoms. The summed E-state index contributed by atoms with van der Waals surface area (Å²) in [6.45, 7) is 6.11. The first-order chi connectivity index (χ1) is 9.79. The van der Waals surface area contributed by atoms with Crippen molar-refractivity contribution in [2.75, 3.05) is 0 Å². The van der Waals surface area contributed by atoms with Crippen molar-refractivity contribution in [2.24, 2.45) is 0 Å². The summed E-state index contributed by atoms with van der Waals surface area (Å²) in [6.07, 6.45) is 0. The van der Waals surface area contributed by atoms with Crippen LogP contribution < -0.4 is 4.74 Å². The quantitative estimate of drug-likeness (QED) is 0.795. The zero-order valence-corrected chi connectivity index (χ0v) is 13.8. The highest BCUT2D eigenvalue weighted by molar-refractivity contribution is 8.13. The van der Waals surface area contributed by atoms with Gasteiger partial charge in [0.2, 0.25) is 0 Å². The number of hydrogen-bond acceptors (Lipinski definition) is 3. The summed E-state index contributed by atoms with van der Waals surface area (Å²) in [5, 5.41) is 0. The van der Waals surface area contributed by atoms with Crippen LogP contribution in [0.25, 0.3) is 0 Å². The highest BCUT2D eigenvalue weighted by atomic mass is 35.7. The van der Waals surface area contributed by atoms with E-state index >= 15 is 0 Å². The van der Waals surface area contributed by atoms with Crippen LogP contribution in [0.15, 0.2) is 41.3 Å². The average Bonchev–Trinajstić information content (AvgIpc) is 2.38. The predicted octanol–water partition coefficient (Wildman–Crippen LogP) is 4.12. The zero-order valence-electron chi connectivity index (χ0n) is 12.2. The Morgan fingerprint density at radius 1 is 1.05 bits per heavy atom. The van der Waals surface area contributed by atoms with Crippen molar-refractivity contribution in [1.82, 2.24) is 0 Å². The van der Waals surface area contributed by atoms with Gasteiger partial charge in [0, 0.05) is 10.7 Å². The third kappa shape index (κ3) is 3.77. The Balaban J connectivity index is 2.33. The molecular formula is C16H17ClO3S. The molecule has 0 atom stereocenters. The summed E-state index contributed by atoms with van der Waals surface area (Å²) in [4.78, 5) is 0.00963. The molecule has 5 heteroatoms. The molecule has 0 saturated heterocycles. The van der Waals surface area contributed by atoms with E-state index in [0.29, 0.717) is 6.61 Å². The SMILES string of the molecule is Cc1ccc(OCc2c(C)cccc2C)c(S(=O)(=O)Cl)c1. The lowest BCUT2D eigenvalue weighted by Gasteiger charge is -2.13. The maximum absolute atomic E-state index is 11.6. The van der Waals surface area contributed by atoms with Gasteiger partial charge in [-0.3, -0.25) is 0 Å². The fraction of sp³-hybridized carbons (Fsp3) is 0.250. The first-order valence-corrected chi connectivity index (χ1v) is 8.83. The Labute approximate surface area is 129 Å². The molecule has 0 bridgehead atoms. The van der Waals surface area contributed by atoms with E-state index in [4.69, 9.17) is 15.4 Å². The molecular weight excluding hydrogens is 308 g/mol. The number of hydrogen-bond donors (Lipinski definition) is 0. The molecule has 112 valence electrons. The lowest BCUT2D eigenvalue weighted by Crippen LogP contribution is -2.04. The van der Waals surface area contributed by atoms with Crippen molar-refractivity contribution >= 4 is 19.7 Å². The number of benzene rings is 2. The molecule has 2 rings (SSSR count). The van der Waals surface area contributed by atoms with E-state index in [0.717, 1.165) is 22.3 Å². The molecule has 0 heterocycles. The topological polar surface area (TPSA) is 43.4 Å². The van der Waals surface area contributed by atoms with Crippen molar-refractivity contribution in [3.05, 3.63) is 58.7 Å². The van der Waals surface area contributed by atoms with Gasteiger partial charge in [-0.15, -0.1) is 0 Å². The van der Waals surface area contributed by atoms with Gasteiger partial charge in [-0.25, -0.2) is 8.42 Å². The van der Waals surface area contributed by atoms with Crippen molar-refractivity contribution < 1.29 is 13.2 Å². The van der Waals surface area contributed by atoms with Crippen LogP contribution in [0.5, 0.6) is 5.75 Å². The molecule has 0 radical (unpaired) electrons. The maximum atomic E-state index is 11.6. The van der Waals surface area contributed by atoms with Crippen molar-refractivity contribution in [3.63, 3.8) is 0 Å². The lowest BCUT2D eigenvalue weighted by atomic mass is 10.0. The Morgan fingerprint density at radius 3 is 2.24 bits per heavy atom. The normalized spacial score (nSPS) is 11.4. The van der Waals surface area contributed by atoms with E-state index in [2.05, 4.69) is 0 Å². The minimum atomic E-state index is -3.83. The number of rotatable bonds is 4. The number of halogens is 1. The molecule has 0 aliphatic rings. The molecule has 0 fully saturated rings. The van der Waals surface area contributed by atoms with E-state index in [-0.39, 0.29) is 10.6 Å². The van der Waals surface area contributed by atoms with Gasteiger partial charge >= 0.3 is 0 Å². The van der Waals surface area contributed by atoms with Gasteiger partial charge in [-0.1, -0.05) is 24.3 Å². The molecule has 0 aromatic heterocycles. The van der Waals surface area contributed by atoms with Gasteiger partial charge < -0.3 is 4.74 Å². The number of ether oxygens (including phenoxy) is 1. The highest BCUT2D eigenvalue weighted by Gasteiger charge is 2.17. The smallest absolute Gasteiger partial charge is 0.264 e. The summed E-state index contributed by atoms with van der Waals surface area (Å²) in [6, 6.07) is 10.9. The Bertz CT molecular complexity index is 747. The molecule has 0 amide bonds. The van der Waals surface area contributed by atoms with Crippen LogP contribution in [0.4, 0.5) is 0 Å². The van der Waals surface area contributed by atoms with Crippen LogP contribution in [0, 0.1) is 20.8 Å². The van der Waals surface area contributed by atoms with Gasteiger partial charge in [0.05, 0.1) is 0 Å². The summed E-state index contributed by atoms with van der Waals surface area (Å²) in [5.74, 6) is 0.276. The fourth-order valence-corrected chi connectivity index (χ4v) is 3.21. The molecule has 2 aromatic rings. The molecule has 0 aliphatic heterocycles.